The van der Waals surface area contributed by atoms with Crippen molar-refractivity contribution < 1.29 is 35.9 Å². The van der Waals surface area contributed by atoms with Crippen LogP contribution >= 0.6 is 0 Å². The number of halogens is 6. The van der Waals surface area contributed by atoms with Crippen LogP contribution in [0.25, 0.3) is 11.0 Å². The summed E-state index contributed by atoms with van der Waals surface area (Å²) in [6, 6.07) is 4.58. The molecule has 0 unspecified atom stereocenters. The molecule has 0 saturated carbocycles. The Hall–Kier alpha value is -3.44. The maximum Gasteiger partial charge on any atom is 0.573 e. The van der Waals surface area contributed by atoms with Crippen LogP contribution in [0.3, 0.4) is 0 Å². The van der Waals surface area contributed by atoms with Gasteiger partial charge >= 0.3 is 12.5 Å². The zero-order chi connectivity index (χ0) is 24.0. The fraction of sp³-hybridized carbons (Fsp3) is 0.333. The predicted octanol–water partition coefficient (Wildman–Crippen LogP) is 5.08. The first-order valence-corrected chi connectivity index (χ1v) is 9.92. The molecule has 3 heterocycles. The van der Waals surface area contributed by atoms with Gasteiger partial charge in [0.05, 0.1) is 11.1 Å². The Morgan fingerprint density at radius 2 is 1.82 bits per heavy atom. The monoisotopic (exact) mass is 472 g/mol. The second-order valence-corrected chi connectivity index (χ2v) is 7.69. The third-order valence-electron chi connectivity index (χ3n) is 5.61. The summed E-state index contributed by atoms with van der Waals surface area (Å²) in [5, 5.41) is 0.388. The number of hydrogen-bond acceptors (Lipinski definition) is 4. The Morgan fingerprint density at radius 3 is 2.42 bits per heavy atom. The number of nitrogen functional groups attached to an aromatic ring is 1. The van der Waals surface area contributed by atoms with Gasteiger partial charge in [-0.25, -0.2) is 4.98 Å². The van der Waals surface area contributed by atoms with Crippen molar-refractivity contribution in [3.8, 4) is 5.75 Å². The highest BCUT2D eigenvalue weighted by Crippen LogP contribution is 2.42. The number of anilines is 1. The molecule has 0 radical (unpaired) electrons. The molecule has 1 aliphatic rings. The summed E-state index contributed by atoms with van der Waals surface area (Å²) < 4.78 is 81.8. The van der Waals surface area contributed by atoms with E-state index in [0.717, 1.165) is 24.4 Å². The van der Waals surface area contributed by atoms with Crippen LogP contribution in [-0.4, -0.2) is 40.2 Å². The standard InChI is InChI=1S/C21H18F6N4O2/c22-20(23,24)15-10-30-18-14(3-6-29-18)17(15)11-4-7-31(8-5-11)19(32)13-2-1-12(9-16(13)28)33-21(25,26)27/h1-3,6,9-11H,4-5,7-8,28H2,(H,29,30). The van der Waals surface area contributed by atoms with Crippen LogP contribution in [0, 0.1) is 0 Å². The SMILES string of the molecule is Nc1cc(OC(F)(F)F)ccc1C(=O)N1CCC(c2c(C(F)(F)F)cnc3[nH]ccc23)CC1. The van der Waals surface area contributed by atoms with Gasteiger partial charge in [0.25, 0.3) is 5.91 Å². The van der Waals surface area contributed by atoms with Crippen LogP contribution in [0.15, 0.2) is 36.7 Å². The van der Waals surface area contributed by atoms with Gasteiger partial charge in [0.1, 0.15) is 11.4 Å². The van der Waals surface area contributed by atoms with Crippen molar-refractivity contribution in [1.29, 1.82) is 0 Å². The van der Waals surface area contributed by atoms with Gasteiger partial charge in [-0.15, -0.1) is 13.2 Å². The van der Waals surface area contributed by atoms with Gasteiger partial charge < -0.3 is 20.4 Å². The fourth-order valence-electron chi connectivity index (χ4n) is 4.17. The second-order valence-electron chi connectivity index (χ2n) is 7.69. The first-order chi connectivity index (χ1) is 15.4. The molecule has 0 atom stereocenters. The number of carbonyl (C=O) groups excluding carboxylic acids is 1. The van der Waals surface area contributed by atoms with Crippen molar-refractivity contribution in [3.05, 3.63) is 53.3 Å². The number of nitrogens with one attached hydrogen (secondary N) is 1. The van der Waals surface area contributed by atoms with E-state index in [4.69, 9.17) is 5.73 Å². The summed E-state index contributed by atoms with van der Waals surface area (Å²) in [6.07, 6.45) is -6.59. The molecular weight excluding hydrogens is 454 g/mol. The third kappa shape index (κ3) is 4.69. The van der Waals surface area contributed by atoms with Gasteiger partial charge in [0.15, 0.2) is 0 Å². The number of benzene rings is 1. The molecule has 33 heavy (non-hydrogen) atoms. The summed E-state index contributed by atoms with van der Waals surface area (Å²) in [5.41, 5.74) is 5.26. The lowest BCUT2D eigenvalue weighted by atomic mass is 9.85. The Kier molecular flexibility index (Phi) is 5.62. The first kappa shape index (κ1) is 22.7. The van der Waals surface area contributed by atoms with Crippen molar-refractivity contribution in [2.24, 2.45) is 0 Å². The molecule has 1 fully saturated rings. The fourth-order valence-corrected chi connectivity index (χ4v) is 4.17. The number of amides is 1. The number of fused-ring (bicyclic) bond motifs is 1. The molecule has 1 saturated heterocycles. The molecule has 1 amide bonds. The number of pyridine rings is 1. The third-order valence-corrected chi connectivity index (χ3v) is 5.61. The van der Waals surface area contributed by atoms with Crippen molar-refractivity contribution in [2.45, 2.75) is 31.3 Å². The first-order valence-electron chi connectivity index (χ1n) is 9.92. The molecule has 3 N–H and O–H groups in total. The maximum atomic E-state index is 13.6. The molecule has 6 nitrogen and oxygen atoms in total. The number of nitrogens with two attached hydrogens (primary N) is 1. The minimum Gasteiger partial charge on any atom is -0.406 e. The number of nitrogens with zero attached hydrogens (tertiary/aromatic N) is 2. The smallest absolute Gasteiger partial charge is 0.406 e. The summed E-state index contributed by atoms with van der Waals surface area (Å²) >= 11 is 0. The minimum absolute atomic E-state index is 0.00380. The molecule has 1 aromatic carbocycles. The molecule has 4 rings (SSSR count). The number of rotatable bonds is 3. The number of hydrogen-bond donors (Lipinski definition) is 2. The highest BCUT2D eigenvalue weighted by Gasteiger charge is 2.38. The summed E-state index contributed by atoms with van der Waals surface area (Å²) in [4.78, 5) is 20.9. The molecule has 12 heteroatoms. The predicted molar refractivity (Wildman–Crippen MR) is 107 cm³/mol. The maximum absolute atomic E-state index is 13.6. The van der Waals surface area contributed by atoms with Crippen molar-refractivity contribution >= 4 is 22.6 Å². The van der Waals surface area contributed by atoms with Crippen LogP contribution < -0.4 is 10.5 Å². The minimum atomic E-state index is -4.90. The quantitative estimate of drug-likeness (QED) is 0.411. The largest absolute Gasteiger partial charge is 0.573 e. The van der Waals surface area contributed by atoms with Gasteiger partial charge in [-0.2, -0.15) is 13.2 Å². The highest BCUT2D eigenvalue weighted by molar-refractivity contribution is 5.99. The van der Waals surface area contributed by atoms with E-state index < -0.39 is 35.7 Å². The lowest BCUT2D eigenvalue weighted by Crippen LogP contribution is -2.38. The zero-order valence-electron chi connectivity index (χ0n) is 16.9. The number of aromatic nitrogens is 2. The molecule has 3 aromatic rings. The van der Waals surface area contributed by atoms with E-state index in [9.17, 15) is 31.1 Å². The Balaban J connectivity index is 1.52. The average Bonchev–Trinajstić information content (AvgIpc) is 3.20. The van der Waals surface area contributed by atoms with Gasteiger partial charge in [0, 0.05) is 42.6 Å². The van der Waals surface area contributed by atoms with E-state index in [1.807, 2.05) is 0 Å². The second kappa shape index (κ2) is 8.16. The van der Waals surface area contributed by atoms with Crippen molar-refractivity contribution in [3.63, 3.8) is 0 Å². The average molecular weight is 472 g/mol. The van der Waals surface area contributed by atoms with Gasteiger partial charge in [-0.3, -0.25) is 4.79 Å². The van der Waals surface area contributed by atoms with Crippen LogP contribution in [-0.2, 0) is 6.18 Å². The van der Waals surface area contributed by atoms with Gasteiger partial charge in [-0.1, -0.05) is 0 Å². The summed E-state index contributed by atoms with van der Waals surface area (Å²) in [7, 11) is 0. The Morgan fingerprint density at radius 1 is 1.12 bits per heavy atom. The lowest BCUT2D eigenvalue weighted by Gasteiger charge is -2.33. The molecule has 0 aliphatic carbocycles. The van der Waals surface area contributed by atoms with Crippen LogP contribution in [0.4, 0.5) is 32.0 Å². The molecule has 0 spiro atoms. The number of H-pyrrole nitrogens is 1. The van der Waals surface area contributed by atoms with E-state index >= 15 is 0 Å². The van der Waals surface area contributed by atoms with Crippen LogP contribution in [0.2, 0.25) is 0 Å². The molecule has 0 bridgehead atoms. The number of alkyl halides is 6. The molecular formula is C21H18F6N4O2. The van der Waals surface area contributed by atoms with E-state index in [1.54, 1.807) is 6.07 Å². The van der Waals surface area contributed by atoms with E-state index in [-0.39, 0.29) is 42.7 Å². The number of ether oxygens (including phenoxy) is 1. The zero-order valence-corrected chi connectivity index (χ0v) is 16.9. The number of piperidine rings is 1. The van der Waals surface area contributed by atoms with Crippen LogP contribution in [0.1, 0.15) is 40.2 Å². The van der Waals surface area contributed by atoms with Crippen LogP contribution in [0.5, 0.6) is 5.75 Å². The topological polar surface area (TPSA) is 84.2 Å². The number of aromatic amines is 1. The normalized spacial score (nSPS) is 15.8. The summed E-state index contributed by atoms with van der Waals surface area (Å²) in [6.45, 7) is 0.324. The van der Waals surface area contributed by atoms with E-state index in [1.165, 1.54) is 11.1 Å². The number of likely N-dealkylation sites (tertiary alicyclic amines) is 1. The van der Waals surface area contributed by atoms with E-state index in [0.29, 0.717) is 11.0 Å². The Labute approximate surface area is 183 Å². The lowest BCUT2D eigenvalue weighted by molar-refractivity contribution is -0.274. The Bertz CT molecular complexity index is 1180. The number of carbonyl (C=O) groups is 1. The van der Waals surface area contributed by atoms with Crippen molar-refractivity contribution in [1.82, 2.24) is 14.9 Å². The summed E-state index contributed by atoms with van der Waals surface area (Å²) in [5.74, 6) is -1.52. The molecule has 176 valence electrons. The van der Waals surface area contributed by atoms with E-state index in [2.05, 4.69) is 14.7 Å². The molecule has 1 aliphatic heterocycles. The van der Waals surface area contributed by atoms with Gasteiger partial charge in [-0.05, 0) is 42.5 Å². The molecule has 2 aromatic heterocycles. The van der Waals surface area contributed by atoms with Gasteiger partial charge in [0.2, 0.25) is 0 Å². The highest BCUT2D eigenvalue weighted by atomic mass is 19.4. The van der Waals surface area contributed by atoms with Crippen molar-refractivity contribution in [2.75, 3.05) is 18.8 Å².